The summed E-state index contributed by atoms with van der Waals surface area (Å²) in [6, 6.07) is 8.30. The van der Waals surface area contributed by atoms with Crippen molar-refractivity contribution in [3.63, 3.8) is 0 Å². The SMILES string of the molecule is CC(C)c1ccc(-c2nc(Br)c(CO)[nH]2)cc1. The maximum absolute atomic E-state index is 9.09. The molecule has 17 heavy (non-hydrogen) atoms. The van der Waals surface area contributed by atoms with E-state index in [4.69, 9.17) is 5.11 Å². The number of nitrogens with zero attached hydrogens (tertiary/aromatic N) is 1. The lowest BCUT2D eigenvalue weighted by Crippen LogP contribution is -1.88. The minimum absolute atomic E-state index is 0.0440. The van der Waals surface area contributed by atoms with Crippen LogP contribution in [0.2, 0.25) is 0 Å². The number of nitrogens with one attached hydrogen (secondary N) is 1. The Balaban J connectivity index is 2.33. The minimum atomic E-state index is -0.0440. The quantitative estimate of drug-likeness (QED) is 0.911. The van der Waals surface area contributed by atoms with Gasteiger partial charge in [-0.3, -0.25) is 0 Å². The molecule has 90 valence electrons. The topological polar surface area (TPSA) is 48.9 Å². The molecule has 1 aromatic carbocycles. The number of aromatic amines is 1. The lowest BCUT2D eigenvalue weighted by molar-refractivity contribution is 0.276. The highest BCUT2D eigenvalue weighted by molar-refractivity contribution is 9.10. The zero-order valence-electron chi connectivity index (χ0n) is 9.87. The fourth-order valence-corrected chi connectivity index (χ4v) is 2.06. The van der Waals surface area contributed by atoms with Crippen LogP contribution in [0.5, 0.6) is 0 Å². The third-order valence-corrected chi connectivity index (χ3v) is 3.39. The lowest BCUT2D eigenvalue weighted by Gasteiger charge is -2.05. The van der Waals surface area contributed by atoms with Gasteiger partial charge in [0.25, 0.3) is 0 Å². The van der Waals surface area contributed by atoms with Gasteiger partial charge in [-0.05, 0) is 27.4 Å². The summed E-state index contributed by atoms with van der Waals surface area (Å²) in [5.41, 5.74) is 3.03. The van der Waals surface area contributed by atoms with Crippen LogP contribution in [0.4, 0.5) is 0 Å². The van der Waals surface area contributed by atoms with Gasteiger partial charge in [-0.15, -0.1) is 0 Å². The van der Waals surface area contributed by atoms with Crippen LogP contribution in [0.15, 0.2) is 28.9 Å². The zero-order chi connectivity index (χ0) is 12.4. The molecule has 2 rings (SSSR count). The molecular formula is C13H15BrN2O. The summed E-state index contributed by atoms with van der Waals surface area (Å²) < 4.78 is 0.669. The van der Waals surface area contributed by atoms with Gasteiger partial charge in [-0.1, -0.05) is 38.1 Å². The Bertz CT molecular complexity index is 503. The average Bonchev–Trinajstić information content (AvgIpc) is 2.70. The first-order valence-corrected chi connectivity index (χ1v) is 6.36. The molecule has 0 radical (unpaired) electrons. The van der Waals surface area contributed by atoms with Crippen LogP contribution < -0.4 is 0 Å². The maximum atomic E-state index is 9.09. The van der Waals surface area contributed by atoms with E-state index in [-0.39, 0.29) is 6.61 Å². The summed E-state index contributed by atoms with van der Waals surface area (Å²) in [7, 11) is 0. The van der Waals surface area contributed by atoms with Gasteiger partial charge < -0.3 is 10.1 Å². The molecule has 0 aliphatic rings. The van der Waals surface area contributed by atoms with E-state index in [0.717, 1.165) is 11.4 Å². The van der Waals surface area contributed by atoms with Gasteiger partial charge in [0.1, 0.15) is 10.4 Å². The van der Waals surface area contributed by atoms with Crippen molar-refractivity contribution in [1.82, 2.24) is 9.97 Å². The molecule has 0 atom stereocenters. The van der Waals surface area contributed by atoms with E-state index < -0.39 is 0 Å². The summed E-state index contributed by atoms with van der Waals surface area (Å²) in [6.07, 6.45) is 0. The Hall–Kier alpha value is -1.13. The fraction of sp³-hybridized carbons (Fsp3) is 0.308. The van der Waals surface area contributed by atoms with Crippen LogP contribution in [0.25, 0.3) is 11.4 Å². The van der Waals surface area contributed by atoms with Crippen molar-refractivity contribution >= 4 is 15.9 Å². The number of H-pyrrole nitrogens is 1. The van der Waals surface area contributed by atoms with Gasteiger partial charge in [0, 0.05) is 5.56 Å². The molecule has 2 N–H and O–H groups in total. The predicted octanol–water partition coefficient (Wildman–Crippen LogP) is 3.45. The maximum Gasteiger partial charge on any atom is 0.138 e. The van der Waals surface area contributed by atoms with Crippen molar-refractivity contribution in [2.45, 2.75) is 26.4 Å². The first-order chi connectivity index (χ1) is 8.11. The molecule has 1 aromatic heterocycles. The minimum Gasteiger partial charge on any atom is -0.390 e. The predicted molar refractivity (Wildman–Crippen MR) is 71.7 cm³/mol. The Morgan fingerprint density at radius 1 is 1.29 bits per heavy atom. The van der Waals surface area contributed by atoms with Crippen LogP contribution >= 0.6 is 15.9 Å². The molecule has 3 nitrogen and oxygen atoms in total. The Morgan fingerprint density at radius 3 is 2.41 bits per heavy atom. The second-order valence-electron chi connectivity index (χ2n) is 4.29. The number of aliphatic hydroxyl groups excluding tert-OH is 1. The number of benzene rings is 1. The summed E-state index contributed by atoms with van der Waals surface area (Å²) in [6.45, 7) is 4.29. The molecule has 0 aliphatic carbocycles. The number of imidazole rings is 1. The van der Waals surface area contributed by atoms with Gasteiger partial charge in [-0.2, -0.15) is 0 Å². The normalized spacial score (nSPS) is 11.1. The van der Waals surface area contributed by atoms with E-state index in [1.165, 1.54) is 5.56 Å². The molecule has 0 aliphatic heterocycles. The van der Waals surface area contributed by atoms with Crippen LogP contribution in [-0.2, 0) is 6.61 Å². The first-order valence-electron chi connectivity index (χ1n) is 5.57. The van der Waals surface area contributed by atoms with Crippen LogP contribution in [-0.4, -0.2) is 15.1 Å². The van der Waals surface area contributed by atoms with Gasteiger partial charge in [0.05, 0.1) is 12.3 Å². The van der Waals surface area contributed by atoms with Crippen molar-refractivity contribution in [1.29, 1.82) is 0 Å². The standard InChI is InChI=1S/C13H15BrN2O/c1-8(2)9-3-5-10(6-4-9)13-15-11(7-17)12(14)16-13/h3-6,8,17H,7H2,1-2H3,(H,15,16). The third-order valence-electron chi connectivity index (χ3n) is 2.74. The molecule has 0 saturated carbocycles. The summed E-state index contributed by atoms with van der Waals surface area (Å²) >= 11 is 3.31. The number of rotatable bonds is 3. The van der Waals surface area contributed by atoms with Crippen molar-refractivity contribution in [2.75, 3.05) is 0 Å². The summed E-state index contributed by atoms with van der Waals surface area (Å²) in [5.74, 6) is 1.30. The highest BCUT2D eigenvalue weighted by atomic mass is 79.9. The van der Waals surface area contributed by atoms with Gasteiger partial charge in [0.2, 0.25) is 0 Å². The molecule has 2 aromatic rings. The highest BCUT2D eigenvalue weighted by Gasteiger charge is 2.08. The number of hydrogen-bond donors (Lipinski definition) is 2. The second kappa shape index (κ2) is 5.02. The molecule has 0 spiro atoms. The Kier molecular flexibility index (Phi) is 3.64. The largest absolute Gasteiger partial charge is 0.390 e. The van der Waals surface area contributed by atoms with E-state index in [0.29, 0.717) is 16.2 Å². The van der Waals surface area contributed by atoms with E-state index in [1.54, 1.807) is 0 Å². The Morgan fingerprint density at radius 2 is 1.94 bits per heavy atom. The highest BCUT2D eigenvalue weighted by Crippen LogP contribution is 2.23. The zero-order valence-corrected chi connectivity index (χ0v) is 11.5. The van der Waals surface area contributed by atoms with E-state index in [1.807, 2.05) is 12.1 Å². The number of aromatic nitrogens is 2. The Labute approximate surface area is 109 Å². The summed E-state index contributed by atoms with van der Waals surface area (Å²) in [5, 5.41) is 9.09. The monoisotopic (exact) mass is 294 g/mol. The third kappa shape index (κ3) is 2.58. The van der Waals surface area contributed by atoms with Crippen molar-refractivity contribution in [3.05, 3.63) is 40.1 Å². The number of hydrogen-bond acceptors (Lipinski definition) is 2. The van der Waals surface area contributed by atoms with Crippen LogP contribution in [0, 0.1) is 0 Å². The van der Waals surface area contributed by atoms with E-state index in [9.17, 15) is 0 Å². The molecule has 1 heterocycles. The lowest BCUT2D eigenvalue weighted by atomic mass is 10.0. The van der Waals surface area contributed by atoms with Crippen molar-refractivity contribution in [2.24, 2.45) is 0 Å². The van der Waals surface area contributed by atoms with Gasteiger partial charge >= 0.3 is 0 Å². The molecule has 0 fully saturated rings. The van der Waals surface area contributed by atoms with Gasteiger partial charge in [0.15, 0.2) is 0 Å². The molecule has 0 amide bonds. The van der Waals surface area contributed by atoms with E-state index >= 15 is 0 Å². The van der Waals surface area contributed by atoms with Crippen LogP contribution in [0.1, 0.15) is 31.0 Å². The molecular weight excluding hydrogens is 280 g/mol. The summed E-state index contributed by atoms with van der Waals surface area (Å²) in [4.78, 5) is 7.42. The fourth-order valence-electron chi connectivity index (χ4n) is 1.66. The molecule has 0 saturated heterocycles. The smallest absolute Gasteiger partial charge is 0.138 e. The molecule has 0 bridgehead atoms. The second-order valence-corrected chi connectivity index (χ2v) is 5.04. The number of halogens is 1. The average molecular weight is 295 g/mol. The first kappa shape index (κ1) is 12.3. The van der Waals surface area contributed by atoms with Crippen LogP contribution in [0.3, 0.4) is 0 Å². The van der Waals surface area contributed by atoms with Crippen molar-refractivity contribution in [3.8, 4) is 11.4 Å². The van der Waals surface area contributed by atoms with E-state index in [2.05, 4.69) is 51.9 Å². The molecule has 0 unspecified atom stereocenters. The number of aliphatic hydroxyl groups is 1. The van der Waals surface area contributed by atoms with Crippen molar-refractivity contribution < 1.29 is 5.11 Å². The van der Waals surface area contributed by atoms with Gasteiger partial charge in [-0.25, -0.2) is 4.98 Å². The molecule has 4 heteroatoms.